The molecule has 0 heterocycles. The van der Waals surface area contributed by atoms with Gasteiger partial charge < -0.3 is 9.79 Å². The zero-order valence-corrected chi connectivity index (χ0v) is 7.54. The molecule has 0 rings (SSSR count). The molecule has 0 radical (unpaired) electrons. The molecule has 11 heavy (non-hydrogen) atoms. The summed E-state index contributed by atoms with van der Waals surface area (Å²) in [6.45, 7) is 7.02. The number of phosphoric ester groups is 1. The lowest BCUT2D eigenvalue weighted by atomic mass is 9.96. The Kier molecular flexibility index (Phi) is 3.45. The molecule has 0 aliphatic rings. The van der Waals surface area contributed by atoms with E-state index in [1.54, 1.807) is 19.9 Å². The molecule has 2 N–H and O–H groups in total. The van der Waals surface area contributed by atoms with E-state index < -0.39 is 13.2 Å². The summed E-state index contributed by atoms with van der Waals surface area (Å²) in [5, 5.41) is 0. The lowest BCUT2D eigenvalue weighted by Gasteiger charge is -2.19. The fraction of sp³-hybridized carbons (Fsp3) is 0.667. The summed E-state index contributed by atoms with van der Waals surface area (Å²) in [6.07, 6.45) is 1.59. The molecule has 0 aromatic carbocycles. The van der Waals surface area contributed by atoms with E-state index in [4.69, 9.17) is 9.79 Å². The highest BCUT2D eigenvalue weighted by molar-refractivity contribution is 7.46. The van der Waals surface area contributed by atoms with Crippen LogP contribution < -0.4 is 0 Å². The quantitative estimate of drug-likeness (QED) is 0.505. The van der Waals surface area contributed by atoms with Crippen molar-refractivity contribution >= 4 is 7.82 Å². The molecule has 0 saturated carbocycles. The molecule has 0 fully saturated rings. The molecule has 0 unspecified atom stereocenters. The van der Waals surface area contributed by atoms with Gasteiger partial charge >= 0.3 is 7.82 Å². The smallest absolute Gasteiger partial charge is 0.303 e. The van der Waals surface area contributed by atoms with Crippen LogP contribution in [0.3, 0.4) is 0 Å². The van der Waals surface area contributed by atoms with Crippen molar-refractivity contribution in [1.82, 2.24) is 0 Å². The molecule has 0 amide bonds. The number of hydrogen-bond acceptors (Lipinski definition) is 2. The van der Waals surface area contributed by atoms with Crippen molar-refractivity contribution in [3.8, 4) is 0 Å². The van der Waals surface area contributed by atoms with E-state index in [2.05, 4.69) is 11.1 Å². The van der Waals surface area contributed by atoms with Crippen molar-refractivity contribution in [3.05, 3.63) is 12.7 Å². The highest BCUT2D eigenvalue weighted by Crippen LogP contribution is 2.38. The third-order valence-electron chi connectivity index (χ3n) is 1.16. The van der Waals surface area contributed by atoms with Crippen LogP contribution in [0.1, 0.15) is 13.8 Å². The molecule has 0 bridgehead atoms. The standard InChI is InChI=1S/C6H13O4P/c1-4-6(2,3)5-10-11(7,8)9/h4H,1,5H2,2-3H3,(H2,7,8,9). The second kappa shape index (κ2) is 3.50. The minimum Gasteiger partial charge on any atom is -0.303 e. The monoisotopic (exact) mass is 180 g/mol. The highest BCUT2D eigenvalue weighted by Gasteiger charge is 2.20. The van der Waals surface area contributed by atoms with Gasteiger partial charge in [0.05, 0.1) is 6.61 Å². The molecule has 4 nitrogen and oxygen atoms in total. The fourth-order valence-electron chi connectivity index (χ4n) is 0.309. The maximum atomic E-state index is 10.2. The number of rotatable bonds is 4. The van der Waals surface area contributed by atoms with Crippen LogP contribution in [0, 0.1) is 5.41 Å². The van der Waals surface area contributed by atoms with Gasteiger partial charge in [-0.3, -0.25) is 4.52 Å². The first-order chi connectivity index (χ1) is 4.77. The van der Waals surface area contributed by atoms with Gasteiger partial charge in [0, 0.05) is 5.41 Å². The maximum Gasteiger partial charge on any atom is 0.469 e. The topological polar surface area (TPSA) is 66.8 Å². The lowest BCUT2D eigenvalue weighted by molar-refractivity contribution is 0.152. The molecule has 0 aliphatic heterocycles. The third-order valence-corrected chi connectivity index (χ3v) is 1.62. The van der Waals surface area contributed by atoms with E-state index in [-0.39, 0.29) is 6.61 Å². The van der Waals surface area contributed by atoms with Gasteiger partial charge in [-0.2, -0.15) is 0 Å². The zero-order valence-electron chi connectivity index (χ0n) is 6.65. The lowest BCUT2D eigenvalue weighted by Crippen LogP contribution is -2.14. The van der Waals surface area contributed by atoms with Crippen LogP contribution in [0.15, 0.2) is 12.7 Å². The van der Waals surface area contributed by atoms with Crippen LogP contribution in [-0.2, 0) is 9.09 Å². The number of hydrogen-bond donors (Lipinski definition) is 2. The molecule has 0 spiro atoms. The Morgan fingerprint density at radius 3 is 2.36 bits per heavy atom. The molecule has 0 atom stereocenters. The summed E-state index contributed by atoms with van der Waals surface area (Å²) in [7, 11) is -4.32. The van der Waals surface area contributed by atoms with Gasteiger partial charge in [0.1, 0.15) is 0 Å². The molecule has 0 aliphatic carbocycles. The van der Waals surface area contributed by atoms with Crippen molar-refractivity contribution in [1.29, 1.82) is 0 Å². The van der Waals surface area contributed by atoms with Crippen LogP contribution in [0.4, 0.5) is 0 Å². The summed E-state index contributed by atoms with van der Waals surface area (Å²) in [6, 6.07) is 0. The van der Waals surface area contributed by atoms with Gasteiger partial charge in [0.2, 0.25) is 0 Å². The van der Waals surface area contributed by atoms with Gasteiger partial charge in [-0.1, -0.05) is 19.9 Å². The third kappa shape index (κ3) is 6.26. The van der Waals surface area contributed by atoms with Crippen LogP contribution in [0.5, 0.6) is 0 Å². The van der Waals surface area contributed by atoms with Crippen LogP contribution in [-0.4, -0.2) is 16.4 Å². The second-order valence-corrected chi connectivity index (χ2v) is 4.20. The average Bonchev–Trinajstić information content (AvgIpc) is 1.83. The first-order valence-corrected chi connectivity index (χ1v) is 4.63. The van der Waals surface area contributed by atoms with Gasteiger partial charge in [0.25, 0.3) is 0 Å². The summed E-state index contributed by atoms with van der Waals surface area (Å²) in [5.41, 5.74) is -0.402. The first kappa shape index (κ1) is 10.8. The van der Waals surface area contributed by atoms with Crippen molar-refractivity contribution in [2.75, 3.05) is 6.61 Å². The molecular weight excluding hydrogens is 167 g/mol. The van der Waals surface area contributed by atoms with Gasteiger partial charge in [0.15, 0.2) is 0 Å². The minimum absolute atomic E-state index is 0.0270. The van der Waals surface area contributed by atoms with E-state index >= 15 is 0 Å². The van der Waals surface area contributed by atoms with Crippen LogP contribution in [0.2, 0.25) is 0 Å². The molecule has 66 valence electrons. The van der Waals surface area contributed by atoms with Crippen molar-refractivity contribution in [3.63, 3.8) is 0 Å². The Bertz CT molecular complexity index is 181. The Balaban J connectivity index is 3.89. The van der Waals surface area contributed by atoms with E-state index in [1.807, 2.05) is 0 Å². The van der Waals surface area contributed by atoms with Crippen molar-refractivity contribution < 1.29 is 18.9 Å². The zero-order chi connectivity index (χ0) is 9.12. The SMILES string of the molecule is C=CC(C)(C)COP(=O)(O)O. The van der Waals surface area contributed by atoms with E-state index in [1.165, 1.54) is 0 Å². The average molecular weight is 180 g/mol. The van der Waals surface area contributed by atoms with Gasteiger partial charge in [-0.15, -0.1) is 6.58 Å². The molecular formula is C6H13O4P. The Hall–Kier alpha value is -0.150. The summed E-state index contributed by atoms with van der Waals surface area (Å²) in [5.74, 6) is 0. The molecule has 5 heteroatoms. The van der Waals surface area contributed by atoms with Crippen LogP contribution >= 0.6 is 7.82 Å². The summed E-state index contributed by atoms with van der Waals surface area (Å²) < 4.78 is 14.5. The van der Waals surface area contributed by atoms with E-state index in [9.17, 15) is 4.57 Å². The fourth-order valence-corrected chi connectivity index (χ4v) is 0.810. The largest absolute Gasteiger partial charge is 0.469 e. The normalized spacial score (nSPS) is 13.1. The minimum atomic E-state index is -4.32. The Labute approximate surface area is 66.1 Å². The Morgan fingerprint density at radius 1 is 1.64 bits per heavy atom. The summed E-state index contributed by atoms with van der Waals surface area (Å²) >= 11 is 0. The predicted molar refractivity (Wildman–Crippen MR) is 42.0 cm³/mol. The van der Waals surface area contributed by atoms with Crippen molar-refractivity contribution in [2.45, 2.75) is 13.8 Å². The van der Waals surface area contributed by atoms with Gasteiger partial charge in [-0.25, -0.2) is 4.57 Å². The van der Waals surface area contributed by atoms with E-state index in [0.29, 0.717) is 0 Å². The molecule has 0 aromatic rings. The molecule has 0 saturated heterocycles. The van der Waals surface area contributed by atoms with Crippen LogP contribution in [0.25, 0.3) is 0 Å². The van der Waals surface area contributed by atoms with Gasteiger partial charge in [-0.05, 0) is 0 Å². The predicted octanol–water partition coefficient (Wildman–Crippen LogP) is 1.31. The Morgan fingerprint density at radius 2 is 2.09 bits per heavy atom. The highest BCUT2D eigenvalue weighted by atomic mass is 31.2. The molecule has 0 aromatic heterocycles. The van der Waals surface area contributed by atoms with Crippen molar-refractivity contribution in [2.24, 2.45) is 5.41 Å². The first-order valence-electron chi connectivity index (χ1n) is 3.10. The number of phosphoric acid groups is 1. The maximum absolute atomic E-state index is 10.2. The second-order valence-electron chi connectivity index (χ2n) is 2.96. The van der Waals surface area contributed by atoms with E-state index in [0.717, 1.165) is 0 Å². The summed E-state index contributed by atoms with van der Waals surface area (Å²) in [4.78, 5) is 16.7.